The van der Waals surface area contributed by atoms with Crippen LogP contribution in [0.15, 0.2) is 34.9 Å². The van der Waals surface area contributed by atoms with Crippen molar-refractivity contribution in [1.29, 1.82) is 0 Å². The van der Waals surface area contributed by atoms with Gasteiger partial charge in [-0.05, 0) is 31.0 Å². The molecule has 1 aromatic carbocycles. The second kappa shape index (κ2) is 10.6. The van der Waals surface area contributed by atoms with Gasteiger partial charge in [-0.3, -0.25) is 9.59 Å². The molecule has 1 atom stereocenters. The fourth-order valence-electron chi connectivity index (χ4n) is 4.48. The van der Waals surface area contributed by atoms with Crippen LogP contribution in [0.2, 0.25) is 5.02 Å². The maximum Gasteiger partial charge on any atom is 0.276 e. The van der Waals surface area contributed by atoms with Gasteiger partial charge in [0.15, 0.2) is 5.69 Å². The molecule has 3 heterocycles. The van der Waals surface area contributed by atoms with E-state index in [9.17, 15) is 9.59 Å². The Kier molecular flexibility index (Phi) is 7.55. The first-order valence-electron chi connectivity index (χ1n) is 11.5. The summed E-state index contributed by atoms with van der Waals surface area (Å²) in [5, 5.41) is 4.53. The van der Waals surface area contributed by atoms with Crippen LogP contribution in [-0.4, -0.2) is 72.8 Å². The number of carbonyl (C=O) groups excluding carboxylic acids is 2. The summed E-state index contributed by atoms with van der Waals surface area (Å²) in [6, 6.07) is 8.91. The number of hydrogen-bond donors (Lipinski definition) is 0. The van der Waals surface area contributed by atoms with Gasteiger partial charge in [-0.15, -0.1) is 0 Å². The molecule has 2 aliphatic heterocycles. The minimum absolute atomic E-state index is 0.0667. The molecule has 0 radical (unpaired) electrons. The summed E-state index contributed by atoms with van der Waals surface area (Å²) in [5.41, 5.74) is -0.207. The van der Waals surface area contributed by atoms with Gasteiger partial charge in [0.05, 0.1) is 19.8 Å². The molecule has 2 fully saturated rings. The van der Waals surface area contributed by atoms with Gasteiger partial charge in [0.1, 0.15) is 11.5 Å². The average molecular weight is 476 g/mol. The largest absolute Gasteiger partial charge is 0.493 e. The Balaban J connectivity index is 1.52. The van der Waals surface area contributed by atoms with Crippen LogP contribution >= 0.6 is 11.6 Å². The highest BCUT2D eigenvalue weighted by atomic mass is 35.5. The maximum absolute atomic E-state index is 13.2. The number of carbonyl (C=O) groups is 2. The second-order valence-electron chi connectivity index (χ2n) is 8.78. The minimum atomic E-state index is -0.511. The van der Waals surface area contributed by atoms with Crippen molar-refractivity contribution in [1.82, 2.24) is 15.0 Å². The summed E-state index contributed by atoms with van der Waals surface area (Å²) in [6.07, 6.45) is 2.54. The predicted octanol–water partition coefficient (Wildman–Crippen LogP) is 3.44. The quantitative estimate of drug-likeness (QED) is 0.609. The zero-order chi connectivity index (χ0) is 23.3. The Bertz CT molecular complexity index is 975. The fraction of sp³-hybridized carbons (Fsp3) is 0.542. The molecule has 0 unspecified atom stereocenters. The number of morpholine rings is 1. The molecule has 0 N–H and O–H groups in total. The summed E-state index contributed by atoms with van der Waals surface area (Å²) in [7, 11) is 0. The zero-order valence-corrected chi connectivity index (χ0v) is 19.7. The second-order valence-corrected chi connectivity index (χ2v) is 9.21. The van der Waals surface area contributed by atoms with Crippen molar-refractivity contribution in [2.75, 3.05) is 46.0 Å². The lowest BCUT2D eigenvalue weighted by atomic mass is 9.77. The summed E-state index contributed by atoms with van der Waals surface area (Å²) in [6.45, 7) is 5.56. The molecular formula is C24H30ClN3O5. The lowest BCUT2D eigenvalue weighted by molar-refractivity contribution is -0.139. The molecule has 0 spiro atoms. The number of amides is 2. The van der Waals surface area contributed by atoms with E-state index in [0.717, 1.165) is 12.8 Å². The lowest BCUT2D eigenvalue weighted by Gasteiger charge is -2.43. The number of aromatic nitrogens is 1. The molecule has 2 saturated heterocycles. The van der Waals surface area contributed by atoms with Gasteiger partial charge in [-0.1, -0.05) is 29.7 Å². The average Bonchev–Trinajstić information content (AvgIpc) is 3.32. The van der Waals surface area contributed by atoms with Crippen molar-refractivity contribution in [2.24, 2.45) is 5.41 Å². The van der Waals surface area contributed by atoms with Gasteiger partial charge in [0, 0.05) is 55.5 Å². The van der Waals surface area contributed by atoms with Gasteiger partial charge < -0.3 is 23.8 Å². The van der Waals surface area contributed by atoms with E-state index < -0.39 is 5.41 Å². The molecule has 2 aliphatic rings. The molecule has 0 aliphatic carbocycles. The number of benzene rings is 1. The van der Waals surface area contributed by atoms with E-state index in [0.29, 0.717) is 81.1 Å². The van der Waals surface area contributed by atoms with Gasteiger partial charge in [-0.2, -0.15) is 0 Å². The first-order chi connectivity index (χ1) is 16.0. The van der Waals surface area contributed by atoms with Crippen molar-refractivity contribution < 1.29 is 23.6 Å². The third-order valence-electron chi connectivity index (χ3n) is 6.31. The number of hydrogen-bond acceptors (Lipinski definition) is 6. The highest BCUT2D eigenvalue weighted by Gasteiger charge is 2.41. The normalized spacial score (nSPS) is 21.2. The van der Waals surface area contributed by atoms with Crippen LogP contribution in [0.1, 0.15) is 42.4 Å². The molecule has 0 bridgehead atoms. The van der Waals surface area contributed by atoms with Crippen molar-refractivity contribution >= 4 is 23.4 Å². The van der Waals surface area contributed by atoms with Crippen molar-refractivity contribution in [3.8, 4) is 5.75 Å². The maximum atomic E-state index is 13.2. The fourth-order valence-corrected chi connectivity index (χ4v) is 4.66. The molecule has 2 amide bonds. The standard InChI is InChI=1S/C24H30ClN3O5/c1-2-19-14-21(26-33-19)23(30)28-8-4-7-24(16-28,15-22(29)27-9-11-31-12-10-27)17-32-20-6-3-5-18(25)13-20/h3,5-6,13-14H,2,4,7-12,15-17H2,1H3/t24-/m0/s1. The van der Waals surface area contributed by atoms with Crippen LogP contribution in [0.5, 0.6) is 5.75 Å². The smallest absolute Gasteiger partial charge is 0.276 e. The first-order valence-corrected chi connectivity index (χ1v) is 11.8. The summed E-state index contributed by atoms with van der Waals surface area (Å²) in [5.74, 6) is 1.21. The summed E-state index contributed by atoms with van der Waals surface area (Å²) in [4.78, 5) is 30.0. The number of piperidine rings is 1. The number of aryl methyl sites for hydroxylation is 1. The van der Waals surface area contributed by atoms with Gasteiger partial charge in [0.2, 0.25) is 5.91 Å². The molecule has 4 rings (SSSR count). The Labute approximate surface area is 198 Å². The summed E-state index contributed by atoms with van der Waals surface area (Å²) < 4.78 is 16.7. The number of rotatable bonds is 7. The topological polar surface area (TPSA) is 85.1 Å². The van der Waals surface area contributed by atoms with Crippen LogP contribution in [0, 0.1) is 5.41 Å². The number of likely N-dealkylation sites (tertiary alicyclic amines) is 1. The Morgan fingerprint density at radius 3 is 2.73 bits per heavy atom. The van der Waals surface area contributed by atoms with E-state index in [4.69, 9.17) is 25.6 Å². The van der Waals surface area contributed by atoms with Gasteiger partial charge in [-0.25, -0.2) is 0 Å². The van der Waals surface area contributed by atoms with E-state index >= 15 is 0 Å². The number of ether oxygens (including phenoxy) is 2. The van der Waals surface area contributed by atoms with Crippen LogP contribution < -0.4 is 4.74 Å². The molecule has 178 valence electrons. The van der Waals surface area contributed by atoms with Crippen LogP contribution in [-0.2, 0) is 16.0 Å². The minimum Gasteiger partial charge on any atom is -0.493 e. The number of nitrogens with zero attached hydrogens (tertiary/aromatic N) is 3. The van der Waals surface area contributed by atoms with E-state index in [2.05, 4.69) is 5.16 Å². The van der Waals surface area contributed by atoms with Crippen LogP contribution in [0.4, 0.5) is 0 Å². The molecule has 33 heavy (non-hydrogen) atoms. The van der Waals surface area contributed by atoms with Gasteiger partial charge in [0.25, 0.3) is 5.91 Å². The highest BCUT2D eigenvalue weighted by molar-refractivity contribution is 6.30. The third kappa shape index (κ3) is 5.86. The molecule has 2 aromatic rings. The Morgan fingerprint density at radius 1 is 1.18 bits per heavy atom. The van der Waals surface area contributed by atoms with Crippen LogP contribution in [0.25, 0.3) is 0 Å². The molecule has 8 nitrogen and oxygen atoms in total. The SMILES string of the molecule is CCc1cc(C(=O)N2CCC[C@](COc3cccc(Cl)c3)(CC(=O)N3CCOCC3)C2)no1. The zero-order valence-electron chi connectivity index (χ0n) is 18.9. The number of halogens is 1. The van der Waals surface area contributed by atoms with Crippen molar-refractivity contribution in [3.63, 3.8) is 0 Å². The third-order valence-corrected chi connectivity index (χ3v) is 6.54. The van der Waals surface area contributed by atoms with Gasteiger partial charge >= 0.3 is 0 Å². The molecular weight excluding hydrogens is 446 g/mol. The Morgan fingerprint density at radius 2 is 2.00 bits per heavy atom. The highest BCUT2D eigenvalue weighted by Crippen LogP contribution is 2.36. The van der Waals surface area contributed by atoms with E-state index in [-0.39, 0.29) is 11.8 Å². The molecule has 1 aromatic heterocycles. The first kappa shape index (κ1) is 23.6. The lowest BCUT2D eigenvalue weighted by Crippen LogP contribution is -2.52. The van der Waals surface area contributed by atoms with E-state index in [1.807, 2.05) is 24.0 Å². The predicted molar refractivity (Wildman–Crippen MR) is 122 cm³/mol. The van der Waals surface area contributed by atoms with E-state index in [1.54, 1.807) is 23.1 Å². The van der Waals surface area contributed by atoms with Crippen LogP contribution in [0.3, 0.4) is 0 Å². The molecule has 0 saturated carbocycles. The van der Waals surface area contributed by atoms with E-state index in [1.165, 1.54) is 0 Å². The van der Waals surface area contributed by atoms with Crippen molar-refractivity contribution in [2.45, 2.75) is 32.6 Å². The molecule has 9 heteroatoms. The summed E-state index contributed by atoms with van der Waals surface area (Å²) >= 11 is 6.11. The Hall–Kier alpha value is -2.58. The van der Waals surface area contributed by atoms with Crippen molar-refractivity contribution in [3.05, 3.63) is 46.8 Å². The monoisotopic (exact) mass is 475 g/mol.